The average molecular weight is 375 g/mol. The number of ether oxygens (including phenoxy) is 1. The molecule has 0 spiro atoms. The van der Waals surface area contributed by atoms with E-state index < -0.39 is 23.4 Å². The SMILES string of the molecule is CCOC(=O)N1C(=O)c2cc(F)ccc2[C@@]1(C)[C@@H]1C[C@H](C)CC[C@H]1C(C)C. The number of benzene rings is 1. The number of fused-ring (bicyclic) bond motifs is 1. The van der Waals surface area contributed by atoms with Gasteiger partial charge in [-0.05, 0) is 68.1 Å². The normalized spacial score (nSPS) is 30.6. The molecule has 4 nitrogen and oxygen atoms in total. The van der Waals surface area contributed by atoms with E-state index in [1.54, 1.807) is 13.0 Å². The van der Waals surface area contributed by atoms with Crippen molar-refractivity contribution in [3.63, 3.8) is 0 Å². The number of carbonyl (C=O) groups excluding carboxylic acids is 2. The van der Waals surface area contributed by atoms with Crippen molar-refractivity contribution in [2.45, 2.75) is 59.4 Å². The van der Waals surface area contributed by atoms with Gasteiger partial charge in [0.1, 0.15) is 5.82 Å². The zero-order valence-electron chi connectivity index (χ0n) is 16.9. The predicted octanol–water partition coefficient (Wildman–Crippen LogP) is 5.36. The molecule has 0 radical (unpaired) electrons. The molecule has 1 fully saturated rings. The van der Waals surface area contributed by atoms with Gasteiger partial charge in [0.05, 0.1) is 12.1 Å². The molecular weight excluding hydrogens is 345 g/mol. The Morgan fingerprint density at radius 3 is 2.70 bits per heavy atom. The standard InChI is InChI=1S/C22H30FNO3/c1-6-27-21(26)24-20(25)17-12-15(23)8-10-18(17)22(24,5)19-11-14(4)7-9-16(19)13(2)3/h8,10,12-14,16,19H,6-7,9,11H2,1-5H3/t14-,16+,19-,22+/m1/s1. The third-order valence-corrected chi connectivity index (χ3v) is 6.62. The number of imide groups is 1. The number of nitrogens with zero attached hydrogens (tertiary/aromatic N) is 1. The quantitative estimate of drug-likeness (QED) is 0.714. The van der Waals surface area contributed by atoms with Crippen molar-refractivity contribution in [3.8, 4) is 0 Å². The highest BCUT2D eigenvalue weighted by atomic mass is 19.1. The highest BCUT2D eigenvalue weighted by molar-refractivity contribution is 6.08. The third-order valence-electron chi connectivity index (χ3n) is 6.62. The molecule has 3 rings (SSSR count). The predicted molar refractivity (Wildman–Crippen MR) is 102 cm³/mol. The Labute approximate surface area is 161 Å². The van der Waals surface area contributed by atoms with Crippen molar-refractivity contribution in [1.29, 1.82) is 0 Å². The Bertz CT molecular complexity index is 747. The summed E-state index contributed by atoms with van der Waals surface area (Å²) in [6, 6.07) is 4.32. The fourth-order valence-corrected chi connectivity index (χ4v) is 5.26. The molecule has 0 bridgehead atoms. The summed E-state index contributed by atoms with van der Waals surface area (Å²) in [7, 11) is 0. The first-order valence-electron chi connectivity index (χ1n) is 10.0. The van der Waals surface area contributed by atoms with E-state index in [0.717, 1.165) is 24.8 Å². The Balaban J connectivity index is 2.17. The highest BCUT2D eigenvalue weighted by Crippen LogP contribution is 2.53. The van der Waals surface area contributed by atoms with Crippen molar-refractivity contribution >= 4 is 12.0 Å². The highest BCUT2D eigenvalue weighted by Gasteiger charge is 2.57. The van der Waals surface area contributed by atoms with Gasteiger partial charge in [0.15, 0.2) is 0 Å². The van der Waals surface area contributed by atoms with Gasteiger partial charge in [0.2, 0.25) is 0 Å². The van der Waals surface area contributed by atoms with Gasteiger partial charge in [-0.15, -0.1) is 0 Å². The van der Waals surface area contributed by atoms with Crippen LogP contribution in [-0.4, -0.2) is 23.5 Å². The van der Waals surface area contributed by atoms with Gasteiger partial charge < -0.3 is 4.74 Å². The van der Waals surface area contributed by atoms with E-state index in [4.69, 9.17) is 4.74 Å². The molecule has 1 saturated carbocycles. The largest absolute Gasteiger partial charge is 0.449 e. The van der Waals surface area contributed by atoms with E-state index in [1.807, 2.05) is 6.92 Å². The number of hydrogen-bond acceptors (Lipinski definition) is 3. The van der Waals surface area contributed by atoms with Crippen LogP contribution >= 0.6 is 0 Å². The minimum atomic E-state index is -0.823. The Morgan fingerprint density at radius 2 is 2.07 bits per heavy atom. The smallest absolute Gasteiger partial charge is 0.417 e. The summed E-state index contributed by atoms with van der Waals surface area (Å²) >= 11 is 0. The Morgan fingerprint density at radius 1 is 1.37 bits per heavy atom. The number of rotatable bonds is 3. The average Bonchev–Trinajstić information content (AvgIpc) is 2.83. The van der Waals surface area contributed by atoms with Crippen molar-refractivity contribution in [2.24, 2.45) is 23.7 Å². The van der Waals surface area contributed by atoms with E-state index in [1.165, 1.54) is 17.0 Å². The zero-order valence-corrected chi connectivity index (χ0v) is 16.9. The van der Waals surface area contributed by atoms with Gasteiger partial charge in [-0.3, -0.25) is 4.79 Å². The molecule has 4 atom stereocenters. The second-order valence-electron chi connectivity index (χ2n) is 8.61. The van der Waals surface area contributed by atoms with Crippen LogP contribution in [-0.2, 0) is 10.3 Å². The first kappa shape index (κ1) is 19.8. The molecule has 1 aliphatic heterocycles. The molecule has 27 heavy (non-hydrogen) atoms. The molecule has 1 aromatic carbocycles. The molecule has 0 N–H and O–H groups in total. The van der Waals surface area contributed by atoms with E-state index in [2.05, 4.69) is 20.8 Å². The Kier molecular flexibility index (Phi) is 5.33. The minimum Gasteiger partial charge on any atom is -0.449 e. The molecule has 1 aliphatic carbocycles. The van der Waals surface area contributed by atoms with Gasteiger partial charge in [0.25, 0.3) is 5.91 Å². The number of amides is 2. The lowest BCUT2D eigenvalue weighted by atomic mass is 9.61. The molecule has 0 aromatic heterocycles. The lowest BCUT2D eigenvalue weighted by Gasteiger charge is -2.49. The molecule has 148 valence electrons. The molecule has 2 amide bonds. The lowest BCUT2D eigenvalue weighted by Crippen LogP contribution is -2.54. The summed E-state index contributed by atoms with van der Waals surface area (Å²) in [4.78, 5) is 27.2. The van der Waals surface area contributed by atoms with Gasteiger partial charge in [0, 0.05) is 5.56 Å². The van der Waals surface area contributed by atoms with Crippen LogP contribution in [0.15, 0.2) is 18.2 Å². The molecule has 2 aliphatic rings. The first-order chi connectivity index (χ1) is 12.7. The summed E-state index contributed by atoms with van der Waals surface area (Å²) in [5, 5.41) is 0. The second-order valence-corrected chi connectivity index (χ2v) is 8.61. The summed E-state index contributed by atoms with van der Waals surface area (Å²) < 4.78 is 19.1. The van der Waals surface area contributed by atoms with E-state index >= 15 is 0 Å². The van der Waals surface area contributed by atoms with Crippen LogP contribution in [0.25, 0.3) is 0 Å². The van der Waals surface area contributed by atoms with Crippen molar-refractivity contribution < 1.29 is 18.7 Å². The maximum atomic E-state index is 13.9. The van der Waals surface area contributed by atoms with E-state index in [0.29, 0.717) is 17.8 Å². The molecule has 0 unspecified atom stereocenters. The minimum absolute atomic E-state index is 0.112. The third kappa shape index (κ3) is 3.15. The van der Waals surface area contributed by atoms with Crippen LogP contribution in [0.5, 0.6) is 0 Å². The van der Waals surface area contributed by atoms with Crippen LogP contribution in [0, 0.1) is 29.5 Å². The molecule has 1 aromatic rings. The maximum absolute atomic E-state index is 13.9. The number of carbonyl (C=O) groups is 2. The Hall–Kier alpha value is -1.91. The fraction of sp³-hybridized carbons (Fsp3) is 0.636. The van der Waals surface area contributed by atoms with Gasteiger partial charge >= 0.3 is 6.09 Å². The van der Waals surface area contributed by atoms with E-state index in [9.17, 15) is 14.0 Å². The van der Waals surface area contributed by atoms with Gasteiger partial charge in [-0.25, -0.2) is 14.1 Å². The topological polar surface area (TPSA) is 46.6 Å². The fourth-order valence-electron chi connectivity index (χ4n) is 5.26. The first-order valence-corrected chi connectivity index (χ1v) is 10.0. The summed E-state index contributed by atoms with van der Waals surface area (Å²) in [6.45, 7) is 10.5. The number of hydrogen-bond donors (Lipinski definition) is 0. The molecule has 0 saturated heterocycles. The van der Waals surface area contributed by atoms with Crippen LogP contribution in [0.3, 0.4) is 0 Å². The number of halogens is 1. The van der Waals surface area contributed by atoms with Crippen LogP contribution in [0.4, 0.5) is 9.18 Å². The van der Waals surface area contributed by atoms with Crippen LogP contribution in [0.2, 0.25) is 0 Å². The van der Waals surface area contributed by atoms with Crippen molar-refractivity contribution in [1.82, 2.24) is 4.90 Å². The lowest BCUT2D eigenvalue weighted by molar-refractivity contribution is -0.00872. The summed E-state index contributed by atoms with van der Waals surface area (Å²) in [5.41, 5.74) is 0.202. The monoisotopic (exact) mass is 375 g/mol. The van der Waals surface area contributed by atoms with Gasteiger partial charge in [-0.1, -0.05) is 33.3 Å². The summed E-state index contributed by atoms with van der Waals surface area (Å²) in [6.07, 6.45) is 2.51. The molecule has 1 heterocycles. The maximum Gasteiger partial charge on any atom is 0.417 e. The van der Waals surface area contributed by atoms with E-state index in [-0.39, 0.29) is 18.1 Å². The van der Waals surface area contributed by atoms with Gasteiger partial charge in [-0.2, -0.15) is 0 Å². The summed E-state index contributed by atoms with van der Waals surface area (Å²) in [5.74, 6) is 0.528. The van der Waals surface area contributed by atoms with Crippen LogP contribution in [0.1, 0.15) is 69.8 Å². The van der Waals surface area contributed by atoms with Crippen molar-refractivity contribution in [3.05, 3.63) is 35.1 Å². The molecule has 5 heteroatoms. The second kappa shape index (κ2) is 7.25. The zero-order chi connectivity index (χ0) is 19.9. The van der Waals surface area contributed by atoms with Crippen molar-refractivity contribution in [2.75, 3.05) is 6.61 Å². The van der Waals surface area contributed by atoms with Crippen LogP contribution < -0.4 is 0 Å². The molecular formula is C22H30FNO3.